The molecular formula is C24H25ClN6O2S. The van der Waals surface area contributed by atoms with Gasteiger partial charge in [0.05, 0.1) is 0 Å². The van der Waals surface area contributed by atoms with Crippen LogP contribution in [-0.2, 0) is 13.0 Å². The summed E-state index contributed by atoms with van der Waals surface area (Å²) in [6.45, 7) is 3.19. The number of hydrogen-bond acceptors (Lipinski definition) is 8. The smallest absolute Gasteiger partial charge is 0.231 e. The molecule has 0 aliphatic carbocycles. The predicted octanol–water partition coefficient (Wildman–Crippen LogP) is 4.50. The molecule has 4 aromatic rings. The van der Waals surface area contributed by atoms with Crippen LogP contribution in [0.3, 0.4) is 0 Å². The van der Waals surface area contributed by atoms with Gasteiger partial charge in [0, 0.05) is 13.0 Å². The maximum absolute atomic E-state index is 6.20. The van der Waals surface area contributed by atoms with Crippen molar-refractivity contribution in [2.24, 2.45) is 5.92 Å². The lowest BCUT2D eigenvalue weighted by Gasteiger charge is -2.23. The predicted molar refractivity (Wildman–Crippen MR) is 134 cm³/mol. The van der Waals surface area contributed by atoms with Crippen molar-refractivity contribution in [3.8, 4) is 22.6 Å². The number of rotatable bonds is 6. The van der Waals surface area contributed by atoms with E-state index in [1.807, 2.05) is 0 Å². The summed E-state index contributed by atoms with van der Waals surface area (Å²) in [7, 11) is 0. The summed E-state index contributed by atoms with van der Waals surface area (Å²) in [5.74, 6) is 3.40. The SMILES string of the molecule is Nc1nc(Cl)nc2c1nc(Cc1cc3c(cc1-c1ccsc1)OCO3)n2CCC1CCNCC1. The highest BCUT2D eigenvalue weighted by Crippen LogP contribution is 2.40. The summed E-state index contributed by atoms with van der Waals surface area (Å²) in [4.78, 5) is 13.5. The molecule has 3 aromatic heterocycles. The normalized spacial score (nSPS) is 15.9. The average Bonchev–Trinajstić information content (AvgIpc) is 3.58. The Labute approximate surface area is 206 Å². The van der Waals surface area contributed by atoms with Gasteiger partial charge >= 0.3 is 0 Å². The first-order chi connectivity index (χ1) is 16.7. The number of benzene rings is 1. The molecule has 1 fully saturated rings. The Hall–Kier alpha value is -2.88. The second kappa shape index (κ2) is 9.05. The zero-order chi connectivity index (χ0) is 23.1. The fraction of sp³-hybridized carbons (Fsp3) is 0.375. The second-order valence-electron chi connectivity index (χ2n) is 8.76. The topological polar surface area (TPSA) is 100 Å². The molecule has 0 radical (unpaired) electrons. The van der Waals surface area contributed by atoms with Crippen LogP contribution in [0, 0.1) is 5.92 Å². The monoisotopic (exact) mass is 496 g/mol. The number of nitrogens with zero attached hydrogens (tertiary/aromatic N) is 4. The van der Waals surface area contributed by atoms with Crippen molar-refractivity contribution in [1.29, 1.82) is 0 Å². The minimum Gasteiger partial charge on any atom is -0.454 e. The van der Waals surface area contributed by atoms with E-state index in [0.717, 1.165) is 60.1 Å². The molecule has 0 spiro atoms. The van der Waals surface area contributed by atoms with E-state index >= 15 is 0 Å². The number of aromatic nitrogens is 4. The van der Waals surface area contributed by atoms with Gasteiger partial charge in [-0.2, -0.15) is 21.3 Å². The van der Waals surface area contributed by atoms with E-state index in [-0.39, 0.29) is 12.1 Å². The van der Waals surface area contributed by atoms with Crippen LogP contribution in [0.25, 0.3) is 22.3 Å². The van der Waals surface area contributed by atoms with Crippen molar-refractivity contribution >= 4 is 39.9 Å². The molecule has 1 saturated heterocycles. The standard InChI is InChI=1S/C24H25ClN6O2S/c25-24-29-22(26)21-23(30-24)31(7-3-14-1-5-27-6-2-14)20(28-21)10-16-9-18-19(33-13-32-18)11-17(16)15-4-8-34-12-15/h4,8-9,11-12,14,27H,1-3,5-7,10,13H2,(H2,26,29,30). The molecule has 5 heterocycles. The molecule has 2 aliphatic rings. The van der Waals surface area contributed by atoms with Crippen LogP contribution in [0.15, 0.2) is 29.0 Å². The number of piperidine rings is 1. The minimum absolute atomic E-state index is 0.140. The lowest BCUT2D eigenvalue weighted by Crippen LogP contribution is -2.28. The van der Waals surface area contributed by atoms with Crippen molar-refractivity contribution in [2.45, 2.75) is 32.2 Å². The molecule has 0 saturated carbocycles. The average molecular weight is 497 g/mol. The van der Waals surface area contributed by atoms with Gasteiger partial charge in [-0.05, 0) is 95.5 Å². The molecule has 8 nitrogen and oxygen atoms in total. The van der Waals surface area contributed by atoms with Crippen molar-refractivity contribution in [1.82, 2.24) is 24.8 Å². The Kier molecular flexibility index (Phi) is 5.76. The number of hydrogen-bond donors (Lipinski definition) is 2. The molecule has 0 bridgehead atoms. The van der Waals surface area contributed by atoms with Crippen LogP contribution in [0.4, 0.5) is 5.82 Å². The van der Waals surface area contributed by atoms with Gasteiger partial charge in [-0.3, -0.25) is 0 Å². The largest absolute Gasteiger partial charge is 0.454 e. The summed E-state index contributed by atoms with van der Waals surface area (Å²) in [6.07, 6.45) is 4.02. The fourth-order valence-electron chi connectivity index (χ4n) is 4.88. The van der Waals surface area contributed by atoms with Gasteiger partial charge in [0.1, 0.15) is 5.82 Å². The van der Waals surface area contributed by atoms with Crippen molar-refractivity contribution in [3.63, 3.8) is 0 Å². The molecular weight excluding hydrogens is 472 g/mol. The van der Waals surface area contributed by atoms with E-state index in [4.69, 9.17) is 31.8 Å². The second-order valence-corrected chi connectivity index (χ2v) is 9.88. The molecule has 6 rings (SSSR count). The Morgan fingerprint density at radius 3 is 2.76 bits per heavy atom. The van der Waals surface area contributed by atoms with Gasteiger partial charge in [0.2, 0.25) is 12.1 Å². The summed E-state index contributed by atoms with van der Waals surface area (Å²) in [6, 6.07) is 6.25. The lowest BCUT2D eigenvalue weighted by molar-refractivity contribution is 0.174. The summed E-state index contributed by atoms with van der Waals surface area (Å²) < 4.78 is 13.5. The number of imidazole rings is 1. The molecule has 3 N–H and O–H groups in total. The molecule has 10 heteroatoms. The maximum Gasteiger partial charge on any atom is 0.231 e. The first-order valence-electron chi connectivity index (χ1n) is 11.5. The first kappa shape index (κ1) is 21.6. The van der Waals surface area contributed by atoms with E-state index in [0.29, 0.717) is 29.3 Å². The number of halogens is 1. The van der Waals surface area contributed by atoms with E-state index in [9.17, 15) is 0 Å². The molecule has 1 aromatic carbocycles. The van der Waals surface area contributed by atoms with Crippen molar-refractivity contribution in [3.05, 3.63) is 45.6 Å². The zero-order valence-corrected chi connectivity index (χ0v) is 20.2. The van der Waals surface area contributed by atoms with Crippen LogP contribution < -0.4 is 20.5 Å². The number of ether oxygens (including phenoxy) is 2. The van der Waals surface area contributed by atoms with Gasteiger partial charge in [-0.25, -0.2) is 4.98 Å². The van der Waals surface area contributed by atoms with E-state index in [2.05, 4.69) is 48.8 Å². The third-order valence-electron chi connectivity index (χ3n) is 6.67. The van der Waals surface area contributed by atoms with E-state index in [1.54, 1.807) is 11.3 Å². The van der Waals surface area contributed by atoms with E-state index in [1.165, 1.54) is 12.8 Å². The van der Waals surface area contributed by atoms with Crippen molar-refractivity contribution in [2.75, 3.05) is 25.6 Å². The number of thiophene rings is 1. The number of nitrogen functional groups attached to an aromatic ring is 1. The van der Waals surface area contributed by atoms with Crippen molar-refractivity contribution < 1.29 is 9.47 Å². The highest BCUT2D eigenvalue weighted by atomic mass is 35.5. The fourth-order valence-corrected chi connectivity index (χ4v) is 5.71. The molecule has 176 valence electrons. The highest BCUT2D eigenvalue weighted by Gasteiger charge is 2.23. The van der Waals surface area contributed by atoms with Crippen LogP contribution in [0.1, 0.15) is 30.7 Å². The summed E-state index contributed by atoms with van der Waals surface area (Å²) >= 11 is 7.86. The Morgan fingerprint density at radius 1 is 1.15 bits per heavy atom. The summed E-state index contributed by atoms with van der Waals surface area (Å²) in [5.41, 5.74) is 10.9. The molecule has 34 heavy (non-hydrogen) atoms. The summed E-state index contributed by atoms with van der Waals surface area (Å²) in [5, 5.41) is 7.80. The van der Waals surface area contributed by atoms with Gasteiger partial charge in [-0.15, -0.1) is 0 Å². The van der Waals surface area contributed by atoms with E-state index < -0.39 is 0 Å². The van der Waals surface area contributed by atoms with Gasteiger partial charge in [-0.1, -0.05) is 0 Å². The third-order valence-corrected chi connectivity index (χ3v) is 7.52. The number of fused-ring (bicyclic) bond motifs is 2. The molecule has 0 amide bonds. The van der Waals surface area contributed by atoms with Crippen LogP contribution in [0.5, 0.6) is 11.5 Å². The molecule has 0 unspecified atom stereocenters. The molecule has 0 atom stereocenters. The number of nitrogens with one attached hydrogen (secondary N) is 1. The van der Waals surface area contributed by atoms with Gasteiger partial charge in [0.15, 0.2) is 28.5 Å². The first-order valence-corrected chi connectivity index (χ1v) is 12.8. The van der Waals surface area contributed by atoms with Crippen LogP contribution in [-0.4, -0.2) is 39.4 Å². The molecule has 2 aliphatic heterocycles. The third kappa shape index (κ3) is 4.08. The van der Waals surface area contributed by atoms with Crippen LogP contribution in [0.2, 0.25) is 5.28 Å². The minimum atomic E-state index is 0.140. The Morgan fingerprint density at radius 2 is 1.97 bits per heavy atom. The number of anilines is 1. The number of nitrogens with two attached hydrogens (primary N) is 1. The Bertz CT molecular complexity index is 1330. The number of aryl methyl sites for hydroxylation is 1. The van der Waals surface area contributed by atoms with Crippen LogP contribution >= 0.6 is 22.9 Å². The zero-order valence-electron chi connectivity index (χ0n) is 18.6. The van der Waals surface area contributed by atoms with Gasteiger partial charge in [0.25, 0.3) is 0 Å². The maximum atomic E-state index is 6.20. The highest BCUT2D eigenvalue weighted by molar-refractivity contribution is 7.08. The Balaban J connectivity index is 1.42. The lowest BCUT2D eigenvalue weighted by atomic mass is 9.94. The van der Waals surface area contributed by atoms with Gasteiger partial charge < -0.3 is 25.1 Å². The quantitative estimate of drug-likeness (QED) is 0.379.